The van der Waals surface area contributed by atoms with Gasteiger partial charge >= 0.3 is 12.0 Å². The molecule has 1 aromatic rings. The van der Waals surface area contributed by atoms with E-state index < -0.39 is 11.9 Å². The smallest absolute Gasteiger partial charge is 0.317 e. The van der Waals surface area contributed by atoms with E-state index in [-0.39, 0.29) is 12.6 Å². The molecule has 0 aliphatic rings. The highest BCUT2D eigenvalue weighted by atomic mass is 16.4. The fourth-order valence-electron chi connectivity index (χ4n) is 1.65. The van der Waals surface area contributed by atoms with Crippen molar-refractivity contribution in [3.8, 4) is 0 Å². The molecule has 0 aliphatic carbocycles. The van der Waals surface area contributed by atoms with Crippen molar-refractivity contribution in [3.63, 3.8) is 0 Å². The summed E-state index contributed by atoms with van der Waals surface area (Å²) in [6.07, 6.45) is 2.39. The molecule has 0 aliphatic heterocycles. The van der Waals surface area contributed by atoms with Crippen LogP contribution in [0.2, 0.25) is 0 Å². The molecule has 1 unspecified atom stereocenters. The van der Waals surface area contributed by atoms with Crippen molar-refractivity contribution in [2.45, 2.75) is 13.3 Å². The number of carbonyl (C=O) groups is 2. The monoisotopic (exact) mass is 268 g/mol. The first kappa shape index (κ1) is 15.0. The van der Waals surface area contributed by atoms with Crippen molar-refractivity contribution < 1.29 is 14.7 Å². The van der Waals surface area contributed by atoms with Gasteiger partial charge < -0.3 is 15.3 Å². The van der Waals surface area contributed by atoms with Gasteiger partial charge in [0.2, 0.25) is 0 Å². The minimum Gasteiger partial charge on any atom is -0.481 e. The first-order valence-electron chi connectivity index (χ1n) is 6.10. The molecule has 19 heavy (non-hydrogen) atoms. The number of nitrogens with one attached hydrogen (secondary N) is 1. The van der Waals surface area contributed by atoms with Gasteiger partial charge in [-0.3, -0.25) is 9.48 Å². The number of aromatic nitrogens is 2. The minimum atomic E-state index is -0.908. The number of carboxylic acid groups (broad SMARTS) is 1. The highest BCUT2D eigenvalue weighted by molar-refractivity contribution is 5.75. The molecule has 0 radical (unpaired) electrons. The quantitative estimate of drug-likeness (QED) is 0.778. The van der Waals surface area contributed by atoms with Crippen molar-refractivity contribution in [3.05, 3.63) is 18.0 Å². The van der Waals surface area contributed by atoms with Crippen LogP contribution in [-0.4, -0.2) is 51.9 Å². The lowest BCUT2D eigenvalue weighted by Gasteiger charge is -2.19. The molecule has 0 saturated heterocycles. The zero-order chi connectivity index (χ0) is 14.4. The summed E-state index contributed by atoms with van der Waals surface area (Å²) in [5.41, 5.74) is 1.03. The Morgan fingerprint density at radius 3 is 2.79 bits per heavy atom. The van der Waals surface area contributed by atoms with Crippen LogP contribution in [0.25, 0.3) is 0 Å². The molecule has 1 aromatic heterocycles. The summed E-state index contributed by atoms with van der Waals surface area (Å²) in [6.45, 7) is 2.25. The SMILES string of the molecule is CC(CN(C)C(=O)NCCc1ccnn1C)C(=O)O. The lowest BCUT2D eigenvalue weighted by molar-refractivity contribution is -0.141. The number of rotatable bonds is 6. The van der Waals surface area contributed by atoms with Crippen LogP contribution in [0.3, 0.4) is 0 Å². The Morgan fingerprint density at radius 2 is 2.26 bits per heavy atom. The Hall–Kier alpha value is -2.05. The van der Waals surface area contributed by atoms with Crippen molar-refractivity contribution in [2.75, 3.05) is 20.1 Å². The van der Waals surface area contributed by atoms with Gasteiger partial charge in [-0.15, -0.1) is 0 Å². The third-order valence-electron chi connectivity index (χ3n) is 2.90. The fourth-order valence-corrected chi connectivity index (χ4v) is 1.65. The number of hydrogen-bond acceptors (Lipinski definition) is 3. The third-order valence-corrected chi connectivity index (χ3v) is 2.90. The molecule has 0 fully saturated rings. The zero-order valence-corrected chi connectivity index (χ0v) is 11.5. The van der Waals surface area contributed by atoms with Crippen LogP contribution in [0.1, 0.15) is 12.6 Å². The third kappa shape index (κ3) is 4.61. The Balaban J connectivity index is 2.31. The maximum Gasteiger partial charge on any atom is 0.317 e. The van der Waals surface area contributed by atoms with E-state index in [2.05, 4.69) is 10.4 Å². The molecule has 1 rings (SSSR count). The van der Waals surface area contributed by atoms with E-state index >= 15 is 0 Å². The van der Waals surface area contributed by atoms with Crippen LogP contribution in [0.5, 0.6) is 0 Å². The Bertz CT molecular complexity index is 444. The van der Waals surface area contributed by atoms with Gasteiger partial charge in [-0.1, -0.05) is 6.92 Å². The van der Waals surface area contributed by atoms with Crippen molar-refractivity contribution in [1.82, 2.24) is 20.0 Å². The maximum atomic E-state index is 11.7. The summed E-state index contributed by atoms with van der Waals surface area (Å²) in [7, 11) is 3.43. The first-order valence-corrected chi connectivity index (χ1v) is 6.10. The van der Waals surface area contributed by atoms with E-state index in [0.29, 0.717) is 13.0 Å². The fraction of sp³-hybridized carbons (Fsp3) is 0.583. The van der Waals surface area contributed by atoms with Gasteiger partial charge in [0, 0.05) is 45.5 Å². The summed E-state index contributed by atoms with van der Waals surface area (Å²) >= 11 is 0. The molecule has 0 aromatic carbocycles. The minimum absolute atomic E-state index is 0.187. The van der Waals surface area contributed by atoms with Crippen LogP contribution < -0.4 is 5.32 Å². The number of carbonyl (C=O) groups excluding carboxylic acids is 1. The van der Waals surface area contributed by atoms with Crippen LogP contribution in [0.15, 0.2) is 12.3 Å². The van der Waals surface area contributed by atoms with E-state index in [0.717, 1.165) is 5.69 Å². The molecular weight excluding hydrogens is 248 g/mol. The normalized spacial score (nSPS) is 11.9. The van der Waals surface area contributed by atoms with E-state index in [1.165, 1.54) is 4.90 Å². The Morgan fingerprint density at radius 1 is 1.58 bits per heavy atom. The van der Waals surface area contributed by atoms with E-state index in [1.807, 2.05) is 13.1 Å². The maximum absolute atomic E-state index is 11.7. The van der Waals surface area contributed by atoms with E-state index in [4.69, 9.17) is 5.11 Å². The number of carboxylic acids is 1. The van der Waals surface area contributed by atoms with Crippen molar-refractivity contribution >= 4 is 12.0 Å². The second-order valence-corrected chi connectivity index (χ2v) is 4.55. The molecule has 0 spiro atoms. The molecule has 106 valence electrons. The first-order chi connectivity index (χ1) is 8.91. The van der Waals surface area contributed by atoms with Gasteiger partial charge in [0.25, 0.3) is 0 Å². The summed E-state index contributed by atoms with van der Waals surface area (Å²) in [6, 6.07) is 1.62. The molecule has 2 N–H and O–H groups in total. The number of nitrogens with zero attached hydrogens (tertiary/aromatic N) is 3. The van der Waals surface area contributed by atoms with Crippen molar-refractivity contribution in [1.29, 1.82) is 0 Å². The molecule has 1 heterocycles. The van der Waals surface area contributed by atoms with Crippen LogP contribution in [0.4, 0.5) is 4.79 Å². The van der Waals surface area contributed by atoms with Gasteiger partial charge in [-0.2, -0.15) is 5.10 Å². The van der Waals surface area contributed by atoms with Gasteiger partial charge in [0.15, 0.2) is 0 Å². The highest BCUT2D eigenvalue weighted by Gasteiger charge is 2.16. The number of urea groups is 1. The summed E-state index contributed by atoms with van der Waals surface area (Å²) in [4.78, 5) is 23.8. The highest BCUT2D eigenvalue weighted by Crippen LogP contribution is 1.99. The Labute approximate surface area is 112 Å². The molecule has 1 atom stereocenters. The summed E-state index contributed by atoms with van der Waals surface area (Å²) in [5, 5.41) is 15.6. The van der Waals surface area contributed by atoms with E-state index in [9.17, 15) is 9.59 Å². The predicted molar refractivity (Wildman–Crippen MR) is 69.7 cm³/mol. The van der Waals surface area contributed by atoms with Gasteiger partial charge in [-0.25, -0.2) is 4.79 Å². The van der Waals surface area contributed by atoms with Gasteiger partial charge in [-0.05, 0) is 6.07 Å². The number of aryl methyl sites for hydroxylation is 1. The largest absolute Gasteiger partial charge is 0.481 e. The van der Waals surface area contributed by atoms with Crippen molar-refractivity contribution in [2.24, 2.45) is 13.0 Å². The van der Waals surface area contributed by atoms with Crippen LogP contribution in [0, 0.1) is 5.92 Å². The number of aliphatic carboxylic acids is 1. The second-order valence-electron chi connectivity index (χ2n) is 4.55. The predicted octanol–water partition coefficient (Wildman–Crippen LogP) is 0.325. The van der Waals surface area contributed by atoms with Crippen LogP contribution in [-0.2, 0) is 18.3 Å². The molecule has 7 heteroatoms. The van der Waals surface area contributed by atoms with Gasteiger partial charge in [0.1, 0.15) is 0 Å². The molecular formula is C12H20N4O3. The molecule has 0 saturated carbocycles. The standard InChI is InChI=1S/C12H20N4O3/c1-9(11(17)18)8-15(2)12(19)13-6-4-10-5-7-14-16(10)3/h5,7,9H,4,6,8H2,1-3H3,(H,13,19)(H,17,18). The lowest BCUT2D eigenvalue weighted by atomic mass is 10.2. The molecule has 7 nitrogen and oxygen atoms in total. The number of hydrogen-bond donors (Lipinski definition) is 2. The zero-order valence-electron chi connectivity index (χ0n) is 11.5. The average molecular weight is 268 g/mol. The Kier molecular flexibility index (Phi) is 5.35. The summed E-state index contributed by atoms with van der Waals surface area (Å²) < 4.78 is 1.75. The summed E-state index contributed by atoms with van der Waals surface area (Å²) in [5.74, 6) is -1.48. The molecule has 2 amide bonds. The van der Waals surface area contributed by atoms with Gasteiger partial charge in [0.05, 0.1) is 5.92 Å². The lowest BCUT2D eigenvalue weighted by Crippen LogP contribution is -2.41. The molecule has 0 bridgehead atoms. The van der Waals surface area contributed by atoms with Crippen LogP contribution >= 0.6 is 0 Å². The second kappa shape index (κ2) is 6.77. The topological polar surface area (TPSA) is 87.5 Å². The van der Waals surface area contributed by atoms with E-state index in [1.54, 1.807) is 24.9 Å². The average Bonchev–Trinajstić information content (AvgIpc) is 2.74. The number of amides is 2.